The molecule has 0 aromatic carbocycles. The van der Waals surface area contributed by atoms with Gasteiger partial charge in [0, 0.05) is 31.6 Å². The van der Waals surface area contributed by atoms with Gasteiger partial charge in [-0.3, -0.25) is 14.5 Å². The Morgan fingerprint density at radius 2 is 1.77 bits per heavy atom. The number of rotatable bonds is 4. The fourth-order valence-corrected chi connectivity index (χ4v) is 3.53. The summed E-state index contributed by atoms with van der Waals surface area (Å²) in [4.78, 5) is 28.5. The molecule has 1 atom stereocenters. The van der Waals surface area contributed by atoms with Crippen LogP contribution >= 0.6 is 0 Å². The van der Waals surface area contributed by atoms with Gasteiger partial charge in [-0.05, 0) is 51.0 Å². The van der Waals surface area contributed by atoms with Crippen molar-refractivity contribution in [2.24, 2.45) is 11.8 Å². The molecule has 0 aromatic heterocycles. The molecular weight excluding hydrogens is 278 g/mol. The summed E-state index contributed by atoms with van der Waals surface area (Å²) in [5.41, 5.74) is 0. The fraction of sp³-hybridized carbons (Fsp3) is 0.882. The first-order chi connectivity index (χ1) is 10.6. The van der Waals surface area contributed by atoms with Crippen LogP contribution in [0.15, 0.2) is 0 Å². The highest BCUT2D eigenvalue weighted by Gasteiger charge is 2.32. The van der Waals surface area contributed by atoms with Crippen LogP contribution in [0.25, 0.3) is 0 Å². The molecule has 0 radical (unpaired) electrons. The van der Waals surface area contributed by atoms with E-state index >= 15 is 0 Å². The molecule has 22 heavy (non-hydrogen) atoms. The summed E-state index contributed by atoms with van der Waals surface area (Å²) in [6, 6.07) is 0.232. The Labute approximate surface area is 133 Å². The first-order valence-electron chi connectivity index (χ1n) is 8.92. The maximum atomic E-state index is 12.4. The van der Waals surface area contributed by atoms with Gasteiger partial charge in [0.25, 0.3) is 0 Å². The lowest BCUT2D eigenvalue weighted by atomic mass is 9.99. The van der Waals surface area contributed by atoms with Crippen molar-refractivity contribution in [2.75, 3.05) is 32.7 Å². The zero-order valence-electron chi connectivity index (χ0n) is 13.7. The summed E-state index contributed by atoms with van der Waals surface area (Å²) in [5.74, 6) is 1.51. The van der Waals surface area contributed by atoms with E-state index in [1.54, 1.807) is 0 Å². The van der Waals surface area contributed by atoms with Crippen LogP contribution in [0.2, 0.25) is 0 Å². The molecule has 5 nitrogen and oxygen atoms in total. The van der Waals surface area contributed by atoms with Crippen LogP contribution in [-0.4, -0.2) is 60.4 Å². The zero-order valence-corrected chi connectivity index (χ0v) is 13.7. The van der Waals surface area contributed by atoms with Crippen molar-refractivity contribution in [3.8, 4) is 0 Å². The molecular formula is C17H29N3O2. The molecule has 1 N–H and O–H groups in total. The van der Waals surface area contributed by atoms with E-state index in [-0.39, 0.29) is 23.8 Å². The molecule has 2 heterocycles. The third-order valence-electron chi connectivity index (χ3n) is 5.30. The van der Waals surface area contributed by atoms with Crippen molar-refractivity contribution in [3.63, 3.8) is 0 Å². The fourth-order valence-electron chi connectivity index (χ4n) is 3.53. The highest BCUT2D eigenvalue weighted by Crippen LogP contribution is 2.29. The third-order valence-corrected chi connectivity index (χ3v) is 5.30. The van der Waals surface area contributed by atoms with Crippen molar-refractivity contribution in [3.05, 3.63) is 0 Å². The number of likely N-dealkylation sites (tertiary alicyclic amines) is 2. The minimum Gasteiger partial charge on any atom is -0.352 e. The van der Waals surface area contributed by atoms with E-state index in [1.165, 1.54) is 0 Å². The van der Waals surface area contributed by atoms with Gasteiger partial charge in [-0.1, -0.05) is 6.92 Å². The normalized spacial score (nSPS) is 27.7. The molecule has 2 aliphatic heterocycles. The van der Waals surface area contributed by atoms with Crippen LogP contribution in [0.4, 0.5) is 0 Å². The lowest BCUT2D eigenvalue weighted by Gasteiger charge is -2.36. The molecule has 2 amide bonds. The summed E-state index contributed by atoms with van der Waals surface area (Å²) < 4.78 is 0. The maximum Gasteiger partial charge on any atom is 0.236 e. The molecule has 0 aromatic rings. The first kappa shape index (κ1) is 15.8. The van der Waals surface area contributed by atoms with Gasteiger partial charge in [-0.2, -0.15) is 0 Å². The number of carbonyl (C=O) groups excluding carboxylic acids is 2. The monoisotopic (exact) mass is 307 g/mol. The summed E-state index contributed by atoms with van der Waals surface area (Å²) in [6.45, 7) is 6.41. The minimum absolute atomic E-state index is 0.225. The Morgan fingerprint density at radius 3 is 2.45 bits per heavy atom. The Morgan fingerprint density at radius 1 is 1.05 bits per heavy atom. The highest BCUT2D eigenvalue weighted by atomic mass is 16.2. The summed E-state index contributed by atoms with van der Waals surface area (Å²) in [7, 11) is 0. The number of hydrogen-bond acceptors (Lipinski definition) is 3. The second-order valence-electron chi connectivity index (χ2n) is 7.42. The largest absolute Gasteiger partial charge is 0.352 e. The predicted octanol–water partition coefficient (Wildman–Crippen LogP) is 1.24. The Balaban J connectivity index is 1.43. The Hall–Kier alpha value is -1.10. The predicted molar refractivity (Wildman–Crippen MR) is 85.3 cm³/mol. The highest BCUT2D eigenvalue weighted by molar-refractivity contribution is 5.81. The van der Waals surface area contributed by atoms with Crippen molar-refractivity contribution < 1.29 is 9.59 Å². The molecule has 0 spiro atoms. The molecule has 124 valence electrons. The molecule has 1 unspecified atom stereocenters. The number of piperidine rings is 2. The van der Waals surface area contributed by atoms with Crippen molar-refractivity contribution in [1.29, 1.82) is 0 Å². The van der Waals surface area contributed by atoms with Crippen molar-refractivity contribution in [2.45, 2.75) is 51.5 Å². The molecule has 3 rings (SSSR count). The molecule has 3 aliphatic rings. The molecule has 1 aliphatic carbocycles. The van der Waals surface area contributed by atoms with E-state index in [2.05, 4.69) is 17.1 Å². The van der Waals surface area contributed by atoms with Gasteiger partial charge in [0.15, 0.2) is 0 Å². The van der Waals surface area contributed by atoms with E-state index in [9.17, 15) is 9.59 Å². The van der Waals surface area contributed by atoms with E-state index in [0.29, 0.717) is 6.54 Å². The maximum absolute atomic E-state index is 12.4. The Kier molecular flexibility index (Phi) is 5.01. The van der Waals surface area contributed by atoms with Crippen LogP contribution in [-0.2, 0) is 9.59 Å². The number of nitrogens with zero attached hydrogens (tertiary/aromatic N) is 2. The number of nitrogens with one attached hydrogen (secondary N) is 1. The lowest BCUT2D eigenvalue weighted by Crippen LogP contribution is -2.51. The Bertz CT molecular complexity index is 414. The average Bonchev–Trinajstić information content (AvgIpc) is 3.33. The van der Waals surface area contributed by atoms with Gasteiger partial charge in [-0.15, -0.1) is 0 Å². The van der Waals surface area contributed by atoms with Gasteiger partial charge in [0.1, 0.15) is 0 Å². The van der Waals surface area contributed by atoms with E-state index in [4.69, 9.17) is 0 Å². The van der Waals surface area contributed by atoms with Gasteiger partial charge < -0.3 is 10.2 Å². The molecule has 5 heteroatoms. The summed E-state index contributed by atoms with van der Waals surface area (Å²) >= 11 is 0. The molecule has 3 fully saturated rings. The molecule has 2 saturated heterocycles. The molecule has 0 bridgehead atoms. The first-order valence-corrected chi connectivity index (χ1v) is 8.92. The number of amides is 2. The van der Waals surface area contributed by atoms with Gasteiger partial charge >= 0.3 is 0 Å². The van der Waals surface area contributed by atoms with Crippen LogP contribution in [0.1, 0.15) is 45.4 Å². The van der Waals surface area contributed by atoms with Crippen LogP contribution in [0.3, 0.4) is 0 Å². The van der Waals surface area contributed by atoms with E-state index in [1.807, 2.05) is 4.90 Å². The molecule has 1 saturated carbocycles. The smallest absolute Gasteiger partial charge is 0.236 e. The van der Waals surface area contributed by atoms with E-state index < -0.39 is 0 Å². The SMILES string of the molecule is CC1CCN(C(=O)CN2CCCC(NC(=O)C3CC3)C2)CC1. The second-order valence-corrected chi connectivity index (χ2v) is 7.42. The number of hydrogen-bond donors (Lipinski definition) is 1. The standard InChI is InChI=1S/C17H29N3O2/c1-13-6-9-20(10-7-13)16(21)12-19-8-2-3-15(11-19)18-17(22)14-4-5-14/h13-15H,2-12H2,1H3,(H,18,22). The van der Waals surface area contributed by atoms with Crippen molar-refractivity contribution >= 4 is 11.8 Å². The van der Waals surface area contributed by atoms with Crippen LogP contribution in [0, 0.1) is 11.8 Å². The second kappa shape index (κ2) is 6.99. The van der Waals surface area contributed by atoms with E-state index in [0.717, 1.165) is 70.6 Å². The van der Waals surface area contributed by atoms with Gasteiger partial charge in [0.05, 0.1) is 6.54 Å². The quantitative estimate of drug-likeness (QED) is 0.850. The third kappa shape index (κ3) is 4.22. The summed E-state index contributed by atoms with van der Waals surface area (Å²) in [6.07, 6.45) is 6.48. The number of carbonyl (C=O) groups is 2. The average molecular weight is 307 g/mol. The van der Waals surface area contributed by atoms with Crippen molar-refractivity contribution in [1.82, 2.24) is 15.1 Å². The van der Waals surface area contributed by atoms with Gasteiger partial charge in [0.2, 0.25) is 11.8 Å². The van der Waals surface area contributed by atoms with Crippen LogP contribution < -0.4 is 5.32 Å². The topological polar surface area (TPSA) is 52.7 Å². The zero-order chi connectivity index (χ0) is 15.5. The van der Waals surface area contributed by atoms with Crippen LogP contribution in [0.5, 0.6) is 0 Å². The van der Waals surface area contributed by atoms with Gasteiger partial charge in [-0.25, -0.2) is 0 Å². The summed E-state index contributed by atoms with van der Waals surface area (Å²) in [5, 5.41) is 3.16. The minimum atomic E-state index is 0.225. The lowest BCUT2D eigenvalue weighted by molar-refractivity contribution is -0.134.